The van der Waals surface area contributed by atoms with Gasteiger partial charge in [-0.1, -0.05) is 57.7 Å². The number of rotatable bonds is 8. The highest BCUT2D eigenvalue weighted by atomic mass is 15.1. The molecule has 0 spiro atoms. The number of unbranched alkanes of at least 4 members (excludes halogenated alkanes) is 4. The Labute approximate surface area is 107 Å². The van der Waals surface area contributed by atoms with Crippen molar-refractivity contribution in [3.05, 3.63) is 29.8 Å². The molecule has 0 N–H and O–H groups in total. The fraction of sp³-hybridized carbons (Fsp3) is 0.625. The summed E-state index contributed by atoms with van der Waals surface area (Å²) in [6.45, 7) is 5.68. The van der Waals surface area contributed by atoms with Crippen molar-refractivity contribution in [1.29, 1.82) is 0 Å². The van der Waals surface area contributed by atoms with Crippen molar-refractivity contribution in [1.82, 2.24) is 0 Å². The Hall–Kier alpha value is -0.980. The van der Waals surface area contributed by atoms with Crippen LogP contribution in [-0.4, -0.2) is 13.6 Å². The molecule has 0 aromatic heterocycles. The molecular formula is C16H27N. The summed E-state index contributed by atoms with van der Waals surface area (Å²) in [6, 6.07) is 8.76. The fourth-order valence-electron chi connectivity index (χ4n) is 2.26. The van der Waals surface area contributed by atoms with Gasteiger partial charge in [-0.15, -0.1) is 0 Å². The van der Waals surface area contributed by atoms with E-state index in [1.54, 1.807) is 0 Å². The molecule has 1 rings (SSSR count). The van der Waals surface area contributed by atoms with Crippen molar-refractivity contribution in [2.75, 3.05) is 18.5 Å². The predicted molar refractivity (Wildman–Crippen MR) is 77.8 cm³/mol. The highest BCUT2D eigenvalue weighted by Gasteiger charge is 2.04. The highest BCUT2D eigenvalue weighted by Crippen LogP contribution is 2.20. The minimum absolute atomic E-state index is 1.12. The van der Waals surface area contributed by atoms with Crippen LogP contribution in [-0.2, 0) is 6.42 Å². The van der Waals surface area contributed by atoms with Gasteiger partial charge in [0, 0.05) is 19.3 Å². The molecule has 0 atom stereocenters. The lowest BCUT2D eigenvalue weighted by atomic mass is 10.1. The third-order valence-electron chi connectivity index (χ3n) is 3.38. The van der Waals surface area contributed by atoms with E-state index in [2.05, 4.69) is 50.1 Å². The molecule has 0 aliphatic carbocycles. The summed E-state index contributed by atoms with van der Waals surface area (Å²) in [6.07, 6.45) is 7.90. The van der Waals surface area contributed by atoms with Crippen molar-refractivity contribution in [2.24, 2.45) is 0 Å². The summed E-state index contributed by atoms with van der Waals surface area (Å²) in [4.78, 5) is 2.41. The molecule has 0 aliphatic rings. The molecule has 0 saturated carbocycles. The van der Waals surface area contributed by atoms with Crippen LogP contribution in [0.5, 0.6) is 0 Å². The Morgan fingerprint density at radius 1 is 0.941 bits per heavy atom. The van der Waals surface area contributed by atoms with Crippen molar-refractivity contribution in [2.45, 2.75) is 52.4 Å². The molecule has 0 aliphatic heterocycles. The normalized spacial score (nSPS) is 10.5. The summed E-state index contributed by atoms with van der Waals surface area (Å²) in [5.74, 6) is 0. The van der Waals surface area contributed by atoms with Crippen LogP contribution in [0, 0.1) is 0 Å². The van der Waals surface area contributed by atoms with Gasteiger partial charge in [-0.3, -0.25) is 0 Å². The lowest BCUT2D eigenvalue weighted by Gasteiger charge is -2.22. The second-order valence-electron chi connectivity index (χ2n) is 4.82. The molecule has 1 aromatic rings. The number of hydrogen-bond donors (Lipinski definition) is 0. The van der Waals surface area contributed by atoms with Gasteiger partial charge in [0.15, 0.2) is 0 Å². The van der Waals surface area contributed by atoms with E-state index in [0.717, 1.165) is 6.42 Å². The van der Waals surface area contributed by atoms with Gasteiger partial charge in [0.2, 0.25) is 0 Å². The van der Waals surface area contributed by atoms with Crippen LogP contribution in [0.4, 0.5) is 5.69 Å². The van der Waals surface area contributed by atoms with Gasteiger partial charge < -0.3 is 4.90 Å². The second-order valence-corrected chi connectivity index (χ2v) is 4.82. The highest BCUT2D eigenvalue weighted by molar-refractivity contribution is 5.52. The molecule has 0 saturated heterocycles. The standard InChI is InChI=1S/C16H27N/c1-4-6-7-8-11-14-17(3)16-13-10-9-12-15(16)5-2/h9-10,12-13H,4-8,11,14H2,1-3H3. The zero-order valence-corrected chi connectivity index (χ0v) is 11.7. The quantitative estimate of drug-likeness (QED) is 0.590. The van der Waals surface area contributed by atoms with E-state index in [9.17, 15) is 0 Å². The average Bonchev–Trinajstić information content (AvgIpc) is 2.38. The van der Waals surface area contributed by atoms with E-state index in [0.29, 0.717) is 0 Å². The number of benzene rings is 1. The molecule has 0 unspecified atom stereocenters. The zero-order valence-electron chi connectivity index (χ0n) is 11.7. The Balaban J connectivity index is 2.38. The monoisotopic (exact) mass is 233 g/mol. The maximum atomic E-state index is 2.41. The molecule has 0 amide bonds. The predicted octanol–water partition coefficient (Wildman–Crippen LogP) is 4.66. The van der Waals surface area contributed by atoms with E-state index < -0.39 is 0 Å². The molecule has 1 heteroatoms. The number of nitrogens with zero attached hydrogens (tertiary/aromatic N) is 1. The molecule has 0 bridgehead atoms. The first-order valence-corrected chi connectivity index (χ1v) is 7.08. The first kappa shape index (κ1) is 14.1. The van der Waals surface area contributed by atoms with Crippen LogP contribution in [0.3, 0.4) is 0 Å². The second kappa shape index (κ2) is 8.16. The smallest absolute Gasteiger partial charge is 0.0396 e. The molecule has 96 valence electrons. The van der Waals surface area contributed by atoms with Crippen LogP contribution in [0.15, 0.2) is 24.3 Å². The van der Waals surface area contributed by atoms with Crippen LogP contribution in [0.1, 0.15) is 51.5 Å². The van der Waals surface area contributed by atoms with Gasteiger partial charge in [-0.25, -0.2) is 0 Å². The summed E-state index contributed by atoms with van der Waals surface area (Å²) < 4.78 is 0. The minimum atomic E-state index is 1.12. The molecule has 0 fully saturated rings. The van der Waals surface area contributed by atoms with Crippen molar-refractivity contribution >= 4 is 5.69 Å². The van der Waals surface area contributed by atoms with Gasteiger partial charge in [-0.2, -0.15) is 0 Å². The number of anilines is 1. The van der Waals surface area contributed by atoms with Crippen LogP contribution in [0.2, 0.25) is 0 Å². The Kier molecular flexibility index (Phi) is 6.76. The summed E-state index contributed by atoms with van der Waals surface area (Å²) in [5.41, 5.74) is 2.87. The van der Waals surface area contributed by atoms with E-state index in [-0.39, 0.29) is 0 Å². The Morgan fingerprint density at radius 2 is 1.65 bits per heavy atom. The van der Waals surface area contributed by atoms with E-state index in [1.165, 1.54) is 49.9 Å². The van der Waals surface area contributed by atoms with Gasteiger partial charge >= 0.3 is 0 Å². The first-order chi connectivity index (χ1) is 8.29. The maximum Gasteiger partial charge on any atom is 0.0396 e. The molecular weight excluding hydrogens is 206 g/mol. The van der Waals surface area contributed by atoms with Crippen LogP contribution >= 0.6 is 0 Å². The van der Waals surface area contributed by atoms with Gasteiger partial charge in [0.25, 0.3) is 0 Å². The van der Waals surface area contributed by atoms with Crippen molar-refractivity contribution in [3.63, 3.8) is 0 Å². The lowest BCUT2D eigenvalue weighted by Crippen LogP contribution is -2.19. The fourth-order valence-corrected chi connectivity index (χ4v) is 2.26. The van der Waals surface area contributed by atoms with Gasteiger partial charge in [0.1, 0.15) is 0 Å². The van der Waals surface area contributed by atoms with E-state index in [4.69, 9.17) is 0 Å². The number of hydrogen-bond acceptors (Lipinski definition) is 1. The number of para-hydroxylation sites is 1. The van der Waals surface area contributed by atoms with E-state index in [1.807, 2.05) is 0 Å². The summed E-state index contributed by atoms with van der Waals surface area (Å²) >= 11 is 0. The molecule has 1 aromatic carbocycles. The average molecular weight is 233 g/mol. The summed E-state index contributed by atoms with van der Waals surface area (Å²) in [7, 11) is 2.22. The van der Waals surface area contributed by atoms with Crippen molar-refractivity contribution in [3.8, 4) is 0 Å². The Bertz CT molecular complexity index is 306. The largest absolute Gasteiger partial charge is 0.374 e. The minimum Gasteiger partial charge on any atom is -0.374 e. The topological polar surface area (TPSA) is 3.24 Å². The van der Waals surface area contributed by atoms with E-state index >= 15 is 0 Å². The van der Waals surface area contributed by atoms with Crippen molar-refractivity contribution < 1.29 is 0 Å². The van der Waals surface area contributed by atoms with Gasteiger partial charge in [0.05, 0.1) is 0 Å². The SMILES string of the molecule is CCCCCCCN(C)c1ccccc1CC. The third-order valence-corrected chi connectivity index (χ3v) is 3.38. The summed E-state index contributed by atoms with van der Waals surface area (Å²) in [5, 5.41) is 0. The Morgan fingerprint density at radius 3 is 2.35 bits per heavy atom. The molecule has 17 heavy (non-hydrogen) atoms. The van der Waals surface area contributed by atoms with Crippen LogP contribution < -0.4 is 4.90 Å². The maximum absolute atomic E-state index is 2.41. The molecule has 0 heterocycles. The van der Waals surface area contributed by atoms with Gasteiger partial charge in [-0.05, 0) is 24.5 Å². The third kappa shape index (κ3) is 4.80. The molecule has 0 radical (unpaired) electrons. The first-order valence-electron chi connectivity index (χ1n) is 7.08. The van der Waals surface area contributed by atoms with Crippen LogP contribution in [0.25, 0.3) is 0 Å². The molecule has 1 nitrogen and oxygen atoms in total. The number of aryl methyl sites for hydroxylation is 1. The lowest BCUT2D eigenvalue weighted by molar-refractivity contribution is 0.629. The zero-order chi connectivity index (χ0) is 12.5.